The lowest BCUT2D eigenvalue weighted by Crippen LogP contribution is -2.34. The number of anilines is 1. The number of benzene rings is 2. The Morgan fingerprint density at radius 3 is 2.67 bits per heavy atom. The van der Waals surface area contributed by atoms with Gasteiger partial charge in [-0.15, -0.1) is 5.10 Å². The Morgan fingerprint density at radius 2 is 1.93 bits per heavy atom. The van der Waals surface area contributed by atoms with E-state index in [9.17, 15) is 9.59 Å². The molecule has 4 rings (SSSR count). The van der Waals surface area contributed by atoms with Crippen LogP contribution in [-0.4, -0.2) is 37.5 Å². The van der Waals surface area contributed by atoms with Crippen molar-refractivity contribution in [3.63, 3.8) is 0 Å². The summed E-state index contributed by atoms with van der Waals surface area (Å²) in [6.45, 7) is 2.22. The number of carbonyl (C=O) groups excluding carboxylic acids is 1. The quantitative estimate of drug-likeness (QED) is 0.493. The number of aryl methyl sites for hydroxylation is 1. The summed E-state index contributed by atoms with van der Waals surface area (Å²) in [5.41, 5.74) is 2.84. The van der Waals surface area contributed by atoms with E-state index >= 15 is 0 Å². The van der Waals surface area contributed by atoms with E-state index in [1.807, 2.05) is 43.3 Å². The molecule has 2 aromatic carbocycles. The van der Waals surface area contributed by atoms with Gasteiger partial charge in [-0.3, -0.25) is 14.2 Å². The Bertz CT molecular complexity index is 1280. The highest BCUT2D eigenvalue weighted by atomic mass is 35.5. The predicted octanol–water partition coefficient (Wildman–Crippen LogP) is 2.66. The van der Waals surface area contributed by atoms with E-state index in [4.69, 9.17) is 11.6 Å². The molecule has 0 atom stereocenters. The van der Waals surface area contributed by atoms with E-state index in [1.165, 1.54) is 15.8 Å². The zero-order valence-electron chi connectivity index (χ0n) is 16.5. The van der Waals surface area contributed by atoms with Crippen LogP contribution in [0.5, 0.6) is 0 Å². The minimum Gasteiger partial charge on any atom is -0.314 e. The molecule has 152 valence electrons. The van der Waals surface area contributed by atoms with Crippen LogP contribution in [0.2, 0.25) is 5.02 Å². The Hall–Kier alpha value is -3.52. The number of fused-ring (bicyclic) bond motifs is 1. The van der Waals surface area contributed by atoms with Gasteiger partial charge >= 0.3 is 0 Å². The third-order valence-corrected chi connectivity index (χ3v) is 5.06. The van der Waals surface area contributed by atoms with Crippen molar-refractivity contribution in [2.24, 2.45) is 0 Å². The van der Waals surface area contributed by atoms with E-state index < -0.39 is 5.56 Å². The molecule has 0 saturated carbocycles. The summed E-state index contributed by atoms with van der Waals surface area (Å²) in [7, 11) is 1.68. The van der Waals surface area contributed by atoms with Crippen LogP contribution in [0.15, 0.2) is 59.7 Å². The summed E-state index contributed by atoms with van der Waals surface area (Å²) < 4.78 is 2.79. The molecule has 0 unspecified atom stereocenters. The van der Waals surface area contributed by atoms with Crippen molar-refractivity contribution >= 4 is 34.4 Å². The maximum absolute atomic E-state index is 12.8. The second-order valence-corrected chi connectivity index (χ2v) is 7.45. The summed E-state index contributed by atoms with van der Waals surface area (Å²) in [6, 6.07) is 14.9. The molecular weight excluding hydrogens is 404 g/mol. The van der Waals surface area contributed by atoms with Gasteiger partial charge in [-0.25, -0.2) is 9.67 Å². The lowest BCUT2D eigenvalue weighted by Gasteiger charge is -2.18. The molecular formula is C21H19ClN6O2. The molecule has 2 aromatic heterocycles. The molecule has 0 spiro atoms. The molecule has 0 fully saturated rings. The van der Waals surface area contributed by atoms with Crippen LogP contribution in [0.4, 0.5) is 5.69 Å². The van der Waals surface area contributed by atoms with Crippen LogP contribution in [0.3, 0.4) is 0 Å². The fourth-order valence-corrected chi connectivity index (χ4v) is 3.23. The van der Waals surface area contributed by atoms with Crippen molar-refractivity contribution in [2.75, 3.05) is 11.9 Å². The summed E-state index contributed by atoms with van der Waals surface area (Å²) in [5.74, 6) is -0.239. The lowest BCUT2D eigenvalue weighted by atomic mass is 10.2. The van der Waals surface area contributed by atoms with Crippen molar-refractivity contribution in [1.29, 1.82) is 0 Å². The molecule has 8 nitrogen and oxygen atoms in total. The van der Waals surface area contributed by atoms with Crippen molar-refractivity contribution in [3.8, 4) is 0 Å². The molecule has 0 radical (unpaired) electrons. The summed E-state index contributed by atoms with van der Waals surface area (Å²) in [6.07, 6.45) is 1.36. The largest absolute Gasteiger partial charge is 0.314 e. The predicted molar refractivity (Wildman–Crippen MR) is 115 cm³/mol. The molecule has 0 saturated heterocycles. The monoisotopic (exact) mass is 422 g/mol. The third-order valence-electron chi connectivity index (χ3n) is 4.81. The van der Waals surface area contributed by atoms with E-state index in [2.05, 4.69) is 15.3 Å². The molecule has 9 heteroatoms. The van der Waals surface area contributed by atoms with E-state index in [0.29, 0.717) is 17.2 Å². The maximum atomic E-state index is 12.8. The van der Waals surface area contributed by atoms with Crippen LogP contribution in [-0.2, 0) is 17.9 Å². The lowest BCUT2D eigenvalue weighted by molar-refractivity contribution is -0.118. The first kappa shape index (κ1) is 19.8. The molecule has 0 aliphatic carbocycles. The Labute approximate surface area is 177 Å². The smallest absolute Gasteiger partial charge is 0.283 e. The Kier molecular flexibility index (Phi) is 5.33. The molecule has 30 heavy (non-hydrogen) atoms. The van der Waals surface area contributed by atoms with Gasteiger partial charge in [0, 0.05) is 17.8 Å². The van der Waals surface area contributed by atoms with Crippen LogP contribution < -0.4 is 10.5 Å². The number of amides is 1. The maximum Gasteiger partial charge on any atom is 0.283 e. The fourth-order valence-electron chi connectivity index (χ4n) is 3.10. The van der Waals surface area contributed by atoms with Crippen LogP contribution in [0.25, 0.3) is 11.2 Å². The molecule has 4 aromatic rings. The number of rotatable bonds is 5. The Balaban J connectivity index is 1.57. The van der Waals surface area contributed by atoms with Gasteiger partial charge in [0.05, 0.1) is 6.54 Å². The van der Waals surface area contributed by atoms with Gasteiger partial charge in [-0.1, -0.05) is 41.1 Å². The van der Waals surface area contributed by atoms with Crippen molar-refractivity contribution in [3.05, 3.63) is 81.4 Å². The van der Waals surface area contributed by atoms with E-state index in [-0.39, 0.29) is 18.0 Å². The highest BCUT2D eigenvalue weighted by Crippen LogP contribution is 2.15. The highest BCUT2D eigenvalue weighted by Gasteiger charge is 2.16. The number of likely N-dealkylation sites (N-methyl/N-ethyl adjacent to an activating group) is 1. The standard InChI is InChI=1S/C21H19ClN6O2/c1-14-4-3-5-17(10-14)26(2)18(29)12-27-13-23-20-19(21(27)30)24-25-28(20)11-15-6-8-16(22)9-7-15/h3-10,13H,11-12H2,1-2H3. The summed E-state index contributed by atoms with van der Waals surface area (Å²) in [5, 5.41) is 8.67. The second kappa shape index (κ2) is 8.08. The van der Waals surface area contributed by atoms with Crippen molar-refractivity contribution in [1.82, 2.24) is 24.5 Å². The molecule has 0 aliphatic heterocycles. The first-order chi connectivity index (χ1) is 14.4. The van der Waals surface area contributed by atoms with Gasteiger partial charge in [0.25, 0.3) is 5.56 Å². The number of halogens is 1. The summed E-state index contributed by atoms with van der Waals surface area (Å²) in [4.78, 5) is 31.3. The number of hydrogen-bond donors (Lipinski definition) is 0. The van der Waals surface area contributed by atoms with Gasteiger partial charge in [-0.05, 0) is 42.3 Å². The fraction of sp³-hybridized carbons (Fsp3) is 0.190. The van der Waals surface area contributed by atoms with Crippen molar-refractivity contribution < 1.29 is 4.79 Å². The van der Waals surface area contributed by atoms with Crippen LogP contribution in [0.1, 0.15) is 11.1 Å². The molecule has 0 aliphatic rings. The highest BCUT2D eigenvalue weighted by molar-refractivity contribution is 6.30. The third kappa shape index (κ3) is 3.95. The number of aromatic nitrogens is 5. The second-order valence-electron chi connectivity index (χ2n) is 7.02. The van der Waals surface area contributed by atoms with Gasteiger partial charge < -0.3 is 4.90 Å². The normalized spacial score (nSPS) is 11.0. The van der Waals surface area contributed by atoms with Crippen molar-refractivity contribution in [2.45, 2.75) is 20.0 Å². The van der Waals surface area contributed by atoms with Gasteiger partial charge in [0.1, 0.15) is 12.9 Å². The van der Waals surface area contributed by atoms with Gasteiger partial charge in [-0.2, -0.15) is 0 Å². The van der Waals surface area contributed by atoms with Crippen LogP contribution in [0, 0.1) is 6.92 Å². The minimum absolute atomic E-state index is 0.123. The number of carbonyl (C=O) groups is 1. The number of hydrogen-bond acceptors (Lipinski definition) is 5. The molecule has 0 bridgehead atoms. The SMILES string of the molecule is Cc1cccc(N(C)C(=O)Cn2cnc3c(nnn3Cc3ccc(Cl)cc3)c2=O)c1. The first-order valence-electron chi connectivity index (χ1n) is 9.28. The number of nitrogens with zero attached hydrogens (tertiary/aromatic N) is 6. The molecule has 1 amide bonds. The van der Waals surface area contributed by atoms with Gasteiger partial charge in [0.15, 0.2) is 11.2 Å². The zero-order chi connectivity index (χ0) is 21.3. The Morgan fingerprint density at radius 1 is 1.17 bits per heavy atom. The molecule has 0 N–H and O–H groups in total. The van der Waals surface area contributed by atoms with E-state index in [1.54, 1.807) is 23.9 Å². The topological polar surface area (TPSA) is 85.9 Å². The van der Waals surface area contributed by atoms with E-state index in [0.717, 1.165) is 16.8 Å². The summed E-state index contributed by atoms with van der Waals surface area (Å²) >= 11 is 5.92. The molecule has 2 heterocycles. The van der Waals surface area contributed by atoms with Crippen LogP contribution >= 0.6 is 11.6 Å². The minimum atomic E-state index is -0.409. The zero-order valence-corrected chi connectivity index (χ0v) is 17.2. The van der Waals surface area contributed by atoms with Gasteiger partial charge in [0.2, 0.25) is 5.91 Å². The first-order valence-corrected chi connectivity index (χ1v) is 9.66. The average Bonchev–Trinajstić information content (AvgIpc) is 3.14. The average molecular weight is 423 g/mol.